The van der Waals surface area contributed by atoms with Crippen LogP contribution in [0.1, 0.15) is 16.7 Å². The first-order chi connectivity index (χ1) is 15.9. The largest absolute Gasteiger partial charge is 0.490 e. The van der Waals surface area contributed by atoms with Crippen molar-refractivity contribution in [2.45, 2.75) is 12.7 Å². The monoisotopic (exact) mass is 464 g/mol. The molecule has 33 heavy (non-hydrogen) atoms. The van der Waals surface area contributed by atoms with Crippen LogP contribution in [0.5, 0.6) is 17.4 Å². The van der Waals surface area contributed by atoms with Crippen LogP contribution in [-0.2, 0) is 10.5 Å². The fraction of sp³-hybridized carbons (Fsp3) is 0.174. The first kappa shape index (κ1) is 23.6. The molecule has 1 N–H and O–H groups in total. The summed E-state index contributed by atoms with van der Waals surface area (Å²) < 4.78 is 10.7. The Balaban J connectivity index is 1.56. The van der Waals surface area contributed by atoms with Gasteiger partial charge in [-0.05, 0) is 54.4 Å². The third-order valence-electron chi connectivity index (χ3n) is 4.52. The van der Waals surface area contributed by atoms with Crippen molar-refractivity contribution in [1.29, 1.82) is 5.26 Å². The Hall–Kier alpha value is -4.10. The summed E-state index contributed by atoms with van der Waals surface area (Å²) in [6, 6.07) is 15.2. The highest BCUT2D eigenvalue weighted by atomic mass is 32.2. The SMILES string of the molecule is COc1ccc(CSCC(=O)Nc2ccc(Oc3ncccc3C#N)cc2C)cc1[N+](=O)[O-]. The minimum Gasteiger partial charge on any atom is -0.490 e. The average Bonchev–Trinajstić information content (AvgIpc) is 2.81. The van der Waals surface area contributed by atoms with Gasteiger partial charge in [0, 0.05) is 23.7 Å². The Kier molecular flexibility index (Phi) is 7.83. The van der Waals surface area contributed by atoms with E-state index in [1.807, 2.05) is 13.0 Å². The summed E-state index contributed by atoms with van der Waals surface area (Å²) in [5, 5.41) is 23.1. The van der Waals surface area contributed by atoms with Crippen molar-refractivity contribution in [3.05, 3.63) is 81.5 Å². The van der Waals surface area contributed by atoms with Gasteiger partial charge in [-0.1, -0.05) is 6.07 Å². The number of anilines is 1. The zero-order valence-corrected chi connectivity index (χ0v) is 18.7. The van der Waals surface area contributed by atoms with Crippen LogP contribution in [0.15, 0.2) is 54.7 Å². The molecule has 0 radical (unpaired) electrons. The summed E-state index contributed by atoms with van der Waals surface area (Å²) in [5.41, 5.74) is 2.36. The number of ether oxygens (including phenoxy) is 2. The van der Waals surface area contributed by atoms with Crippen molar-refractivity contribution >= 4 is 29.0 Å². The normalized spacial score (nSPS) is 10.2. The fourth-order valence-corrected chi connectivity index (χ4v) is 3.70. The second-order valence-corrected chi connectivity index (χ2v) is 7.84. The predicted octanol–water partition coefficient (Wildman–Crippen LogP) is 4.84. The molecule has 0 unspecified atom stereocenters. The Labute approximate surface area is 194 Å². The molecule has 0 atom stereocenters. The van der Waals surface area contributed by atoms with Crippen LogP contribution in [0.4, 0.5) is 11.4 Å². The van der Waals surface area contributed by atoms with Gasteiger partial charge in [0.05, 0.1) is 17.8 Å². The number of aryl methyl sites for hydroxylation is 1. The molecule has 1 aromatic heterocycles. The molecule has 0 aliphatic rings. The van der Waals surface area contributed by atoms with Crippen LogP contribution >= 0.6 is 11.8 Å². The molecule has 0 spiro atoms. The quantitative estimate of drug-likeness (QED) is 0.352. The van der Waals surface area contributed by atoms with E-state index in [-0.39, 0.29) is 29.0 Å². The van der Waals surface area contributed by atoms with Gasteiger partial charge in [0.2, 0.25) is 11.8 Å². The van der Waals surface area contributed by atoms with E-state index in [2.05, 4.69) is 10.3 Å². The summed E-state index contributed by atoms with van der Waals surface area (Å²) in [7, 11) is 1.38. The number of nitriles is 1. The molecule has 168 valence electrons. The van der Waals surface area contributed by atoms with Gasteiger partial charge < -0.3 is 14.8 Å². The lowest BCUT2D eigenvalue weighted by Crippen LogP contribution is -2.15. The summed E-state index contributed by atoms with van der Waals surface area (Å²) in [6.45, 7) is 1.83. The molecule has 3 rings (SSSR count). The lowest BCUT2D eigenvalue weighted by Gasteiger charge is -2.11. The third-order valence-corrected chi connectivity index (χ3v) is 5.52. The number of thioether (sulfide) groups is 1. The number of pyridine rings is 1. The fourth-order valence-electron chi connectivity index (χ4n) is 2.92. The Morgan fingerprint density at radius 3 is 2.79 bits per heavy atom. The number of carbonyl (C=O) groups is 1. The van der Waals surface area contributed by atoms with Gasteiger partial charge >= 0.3 is 5.69 Å². The van der Waals surface area contributed by atoms with Crippen molar-refractivity contribution < 1.29 is 19.2 Å². The van der Waals surface area contributed by atoms with Gasteiger partial charge in [-0.15, -0.1) is 11.8 Å². The highest BCUT2D eigenvalue weighted by molar-refractivity contribution is 7.99. The van der Waals surface area contributed by atoms with Gasteiger partial charge in [-0.2, -0.15) is 5.26 Å². The molecule has 0 saturated carbocycles. The first-order valence-electron chi connectivity index (χ1n) is 9.73. The molecule has 0 aliphatic heterocycles. The number of nitro benzene ring substituents is 1. The first-order valence-corrected chi connectivity index (χ1v) is 10.9. The lowest BCUT2D eigenvalue weighted by molar-refractivity contribution is -0.385. The highest BCUT2D eigenvalue weighted by Gasteiger charge is 2.15. The molecule has 10 heteroatoms. The number of hydrogen-bond acceptors (Lipinski definition) is 8. The molecule has 3 aromatic rings. The number of nitro groups is 1. The molecular formula is C23H20N4O5S. The second kappa shape index (κ2) is 11.0. The zero-order chi connectivity index (χ0) is 23.8. The number of hydrogen-bond donors (Lipinski definition) is 1. The molecule has 0 bridgehead atoms. The van der Waals surface area contributed by atoms with Gasteiger partial charge in [-0.25, -0.2) is 4.98 Å². The van der Waals surface area contributed by atoms with Crippen molar-refractivity contribution in [3.63, 3.8) is 0 Å². The van der Waals surface area contributed by atoms with Crippen LogP contribution in [0.2, 0.25) is 0 Å². The Morgan fingerprint density at radius 1 is 1.27 bits per heavy atom. The van der Waals surface area contributed by atoms with E-state index in [4.69, 9.17) is 14.7 Å². The number of nitrogens with zero attached hydrogens (tertiary/aromatic N) is 3. The van der Waals surface area contributed by atoms with Gasteiger partial charge in [0.25, 0.3) is 0 Å². The molecule has 1 heterocycles. The Bertz CT molecular complexity index is 1230. The smallest absolute Gasteiger partial charge is 0.311 e. The number of benzene rings is 2. The summed E-state index contributed by atoms with van der Waals surface area (Å²) in [6.07, 6.45) is 1.54. The van der Waals surface area contributed by atoms with Gasteiger partial charge in [0.15, 0.2) is 5.75 Å². The van der Waals surface area contributed by atoms with Crippen molar-refractivity contribution in [3.8, 4) is 23.4 Å². The summed E-state index contributed by atoms with van der Waals surface area (Å²) >= 11 is 1.34. The molecule has 1 amide bonds. The van der Waals surface area contributed by atoms with Gasteiger partial charge in [0.1, 0.15) is 17.4 Å². The Morgan fingerprint density at radius 2 is 2.09 bits per heavy atom. The molecule has 9 nitrogen and oxygen atoms in total. The van der Waals surface area contributed by atoms with Crippen molar-refractivity contribution in [1.82, 2.24) is 4.98 Å². The second-order valence-electron chi connectivity index (χ2n) is 6.85. The van der Waals surface area contributed by atoms with Crippen LogP contribution in [0.25, 0.3) is 0 Å². The number of aromatic nitrogens is 1. The maximum absolute atomic E-state index is 12.4. The van der Waals surface area contributed by atoms with E-state index in [9.17, 15) is 14.9 Å². The van der Waals surface area contributed by atoms with E-state index in [1.165, 1.54) is 24.9 Å². The number of rotatable bonds is 9. The molecule has 2 aromatic carbocycles. The molecule has 0 fully saturated rings. The maximum atomic E-state index is 12.4. The number of nitrogens with one attached hydrogen (secondary N) is 1. The topological polar surface area (TPSA) is 127 Å². The standard InChI is InChI=1S/C23H20N4O5S/c1-15-10-18(32-23-17(12-24)4-3-9-25-23)6-7-19(15)26-22(28)14-33-13-16-5-8-21(31-2)20(11-16)27(29)30/h3-11H,13-14H2,1-2H3,(H,26,28). The van der Waals surface area contributed by atoms with E-state index >= 15 is 0 Å². The number of amides is 1. The molecular weight excluding hydrogens is 444 g/mol. The zero-order valence-electron chi connectivity index (χ0n) is 17.9. The van der Waals surface area contributed by atoms with Crippen LogP contribution in [0.3, 0.4) is 0 Å². The maximum Gasteiger partial charge on any atom is 0.311 e. The number of methoxy groups -OCH3 is 1. The van der Waals surface area contributed by atoms with Crippen LogP contribution in [-0.4, -0.2) is 28.7 Å². The lowest BCUT2D eigenvalue weighted by atomic mass is 10.2. The van der Waals surface area contributed by atoms with E-state index in [0.29, 0.717) is 22.8 Å². The minimum absolute atomic E-state index is 0.106. The highest BCUT2D eigenvalue weighted by Crippen LogP contribution is 2.29. The third kappa shape index (κ3) is 6.21. The van der Waals surface area contributed by atoms with Gasteiger partial charge in [-0.3, -0.25) is 14.9 Å². The average molecular weight is 465 g/mol. The van der Waals surface area contributed by atoms with Crippen LogP contribution in [0, 0.1) is 28.4 Å². The summed E-state index contributed by atoms with van der Waals surface area (Å²) in [5.74, 6) is 1.33. The van der Waals surface area contributed by atoms with E-state index < -0.39 is 4.92 Å². The van der Waals surface area contributed by atoms with E-state index in [0.717, 1.165) is 11.1 Å². The van der Waals surface area contributed by atoms with Crippen molar-refractivity contribution in [2.75, 3.05) is 18.2 Å². The van der Waals surface area contributed by atoms with Crippen molar-refractivity contribution in [2.24, 2.45) is 0 Å². The minimum atomic E-state index is -0.495. The molecule has 0 aliphatic carbocycles. The number of carbonyl (C=O) groups excluding carboxylic acids is 1. The van der Waals surface area contributed by atoms with E-state index in [1.54, 1.807) is 48.7 Å². The summed E-state index contributed by atoms with van der Waals surface area (Å²) in [4.78, 5) is 27.1. The predicted molar refractivity (Wildman–Crippen MR) is 125 cm³/mol. The molecule has 0 saturated heterocycles. The van der Waals surface area contributed by atoms with Crippen LogP contribution < -0.4 is 14.8 Å².